The largest absolute Gasteiger partial charge is 0.393 e. The highest BCUT2D eigenvalue weighted by Crippen LogP contribution is 2.43. The van der Waals surface area contributed by atoms with Crippen molar-refractivity contribution >= 4 is 11.6 Å². The summed E-state index contributed by atoms with van der Waals surface area (Å²) in [5, 5.41) is 20.2. The summed E-state index contributed by atoms with van der Waals surface area (Å²) in [5.41, 5.74) is -0.278. The molecule has 0 spiro atoms. The number of hydrogen-bond acceptors (Lipinski definition) is 3. The highest BCUT2D eigenvalue weighted by atomic mass is 16.3. The highest BCUT2D eigenvalue weighted by molar-refractivity contribution is 6.07. The van der Waals surface area contributed by atoms with Crippen molar-refractivity contribution in [1.29, 1.82) is 0 Å². The molecule has 0 fully saturated rings. The zero-order chi connectivity index (χ0) is 13.5. The lowest BCUT2D eigenvalue weighted by molar-refractivity contribution is -0.139. The van der Waals surface area contributed by atoms with Gasteiger partial charge in [-0.2, -0.15) is 0 Å². The summed E-state index contributed by atoms with van der Waals surface area (Å²) in [5.74, 6) is -0.348. The minimum absolute atomic E-state index is 0.0199. The van der Waals surface area contributed by atoms with Gasteiger partial charge in [0.2, 0.25) is 0 Å². The number of hydrogen-bond donors (Lipinski definition) is 2. The van der Waals surface area contributed by atoms with E-state index in [-0.39, 0.29) is 18.4 Å². The smallest absolute Gasteiger partial charge is 0.264 e. The van der Waals surface area contributed by atoms with Crippen LogP contribution in [0.2, 0.25) is 0 Å². The Balaban J connectivity index is 2.54. The number of carbonyl (C=O) groups excluding carboxylic acids is 1. The van der Waals surface area contributed by atoms with Crippen LogP contribution in [0, 0.1) is 0 Å². The zero-order valence-electron chi connectivity index (χ0n) is 10.9. The molecular formula is C14H19NO3. The molecule has 0 saturated heterocycles. The van der Waals surface area contributed by atoms with Gasteiger partial charge in [0.15, 0.2) is 5.60 Å². The van der Waals surface area contributed by atoms with E-state index in [2.05, 4.69) is 0 Å². The first-order valence-corrected chi connectivity index (χ1v) is 6.21. The molecule has 0 saturated carbocycles. The fraction of sp³-hybridized carbons (Fsp3) is 0.500. The van der Waals surface area contributed by atoms with Crippen molar-refractivity contribution in [3.8, 4) is 0 Å². The third-order valence-electron chi connectivity index (χ3n) is 3.29. The summed E-state index contributed by atoms with van der Waals surface area (Å²) in [6.45, 7) is 5.39. The van der Waals surface area contributed by atoms with Gasteiger partial charge in [0.25, 0.3) is 5.91 Å². The minimum atomic E-state index is -1.60. The Bertz CT molecular complexity index is 470. The highest BCUT2D eigenvalue weighted by Gasteiger charge is 2.50. The number of para-hydroxylation sites is 1. The van der Waals surface area contributed by atoms with Crippen molar-refractivity contribution in [3.05, 3.63) is 29.8 Å². The van der Waals surface area contributed by atoms with Crippen LogP contribution in [0.1, 0.15) is 32.8 Å². The number of amides is 1. The van der Waals surface area contributed by atoms with Crippen LogP contribution in [0.3, 0.4) is 0 Å². The molecule has 18 heavy (non-hydrogen) atoms. The Morgan fingerprint density at radius 2 is 1.89 bits per heavy atom. The summed E-state index contributed by atoms with van der Waals surface area (Å²) < 4.78 is 0. The van der Waals surface area contributed by atoms with Crippen molar-refractivity contribution in [2.24, 2.45) is 0 Å². The molecule has 4 nitrogen and oxygen atoms in total. The lowest BCUT2D eigenvalue weighted by Gasteiger charge is -2.26. The summed E-state index contributed by atoms with van der Waals surface area (Å²) >= 11 is 0. The number of aliphatic hydroxyl groups excluding tert-OH is 1. The van der Waals surface area contributed by atoms with Crippen molar-refractivity contribution in [2.75, 3.05) is 4.90 Å². The number of rotatable bonds is 3. The van der Waals surface area contributed by atoms with Gasteiger partial charge in [0.05, 0.1) is 11.8 Å². The molecule has 1 amide bonds. The molecule has 1 heterocycles. The molecule has 0 aliphatic carbocycles. The van der Waals surface area contributed by atoms with E-state index in [0.29, 0.717) is 5.56 Å². The molecule has 2 N–H and O–H groups in total. The van der Waals surface area contributed by atoms with Crippen LogP contribution < -0.4 is 4.90 Å². The second kappa shape index (κ2) is 4.37. The van der Waals surface area contributed by atoms with Gasteiger partial charge < -0.3 is 15.1 Å². The average Bonchev–Trinajstić information content (AvgIpc) is 2.48. The molecule has 1 aliphatic rings. The first-order chi connectivity index (χ1) is 8.38. The van der Waals surface area contributed by atoms with Gasteiger partial charge in [-0.15, -0.1) is 0 Å². The molecule has 2 rings (SSSR count). The molecular weight excluding hydrogens is 230 g/mol. The quantitative estimate of drug-likeness (QED) is 0.851. The second-order valence-electron chi connectivity index (χ2n) is 5.20. The van der Waals surface area contributed by atoms with Gasteiger partial charge in [-0.3, -0.25) is 4.79 Å². The predicted molar refractivity (Wildman–Crippen MR) is 69.3 cm³/mol. The minimum Gasteiger partial charge on any atom is -0.393 e. The Kier molecular flexibility index (Phi) is 3.17. The maximum Gasteiger partial charge on any atom is 0.264 e. The van der Waals surface area contributed by atoms with Gasteiger partial charge in [-0.1, -0.05) is 18.2 Å². The maximum atomic E-state index is 12.4. The third kappa shape index (κ3) is 1.82. The summed E-state index contributed by atoms with van der Waals surface area (Å²) in [4.78, 5) is 14.0. The van der Waals surface area contributed by atoms with E-state index >= 15 is 0 Å². The second-order valence-corrected chi connectivity index (χ2v) is 5.20. The van der Waals surface area contributed by atoms with E-state index in [1.54, 1.807) is 24.0 Å². The number of carbonyl (C=O) groups is 1. The normalized spacial score (nSPS) is 24.6. The van der Waals surface area contributed by atoms with Gasteiger partial charge in [-0.25, -0.2) is 0 Å². The van der Waals surface area contributed by atoms with E-state index in [4.69, 9.17) is 0 Å². The average molecular weight is 249 g/mol. The third-order valence-corrected chi connectivity index (χ3v) is 3.29. The van der Waals surface area contributed by atoms with E-state index in [0.717, 1.165) is 5.69 Å². The molecule has 0 radical (unpaired) electrons. The lowest BCUT2D eigenvalue weighted by Crippen LogP contribution is -2.44. The molecule has 98 valence electrons. The van der Waals surface area contributed by atoms with Crippen molar-refractivity contribution in [2.45, 2.75) is 44.9 Å². The van der Waals surface area contributed by atoms with Crippen LogP contribution in [0.5, 0.6) is 0 Å². The Labute approximate surface area is 107 Å². The molecule has 2 unspecified atom stereocenters. The van der Waals surface area contributed by atoms with Crippen LogP contribution in [-0.4, -0.2) is 28.3 Å². The lowest BCUT2D eigenvalue weighted by atomic mass is 9.90. The van der Waals surface area contributed by atoms with Crippen LogP contribution in [0.15, 0.2) is 24.3 Å². The first-order valence-electron chi connectivity index (χ1n) is 6.21. The number of benzene rings is 1. The fourth-order valence-electron chi connectivity index (χ4n) is 2.59. The van der Waals surface area contributed by atoms with E-state index in [9.17, 15) is 15.0 Å². The maximum absolute atomic E-state index is 12.4. The number of anilines is 1. The molecule has 1 aromatic rings. The van der Waals surface area contributed by atoms with Gasteiger partial charge in [0, 0.05) is 18.0 Å². The Morgan fingerprint density at radius 3 is 2.44 bits per heavy atom. The zero-order valence-corrected chi connectivity index (χ0v) is 10.9. The van der Waals surface area contributed by atoms with Crippen LogP contribution in [0.4, 0.5) is 5.69 Å². The monoisotopic (exact) mass is 249 g/mol. The van der Waals surface area contributed by atoms with Crippen LogP contribution in [0.25, 0.3) is 0 Å². The molecule has 0 aromatic heterocycles. The Morgan fingerprint density at radius 1 is 1.28 bits per heavy atom. The van der Waals surface area contributed by atoms with E-state index in [1.807, 2.05) is 26.0 Å². The molecule has 2 atom stereocenters. The summed E-state index contributed by atoms with van der Waals surface area (Å²) in [6.07, 6.45) is -0.717. The molecule has 4 heteroatoms. The van der Waals surface area contributed by atoms with Crippen LogP contribution in [-0.2, 0) is 10.4 Å². The number of nitrogens with zero attached hydrogens (tertiary/aromatic N) is 1. The van der Waals surface area contributed by atoms with E-state index in [1.165, 1.54) is 0 Å². The molecule has 0 bridgehead atoms. The van der Waals surface area contributed by atoms with Gasteiger partial charge in [0.1, 0.15) is 0 Å². The SMILES string of the molecule is CC(O)CC1(O)C(=O)N(C(C)C)c2ccccc21. The summed E-state index contributed by atoms with van der Waals surface area (Å²) in [6, 6.07) is 7.19. The Hall–Kier alpha value is -1.39. The van der Waals surface area contributed by atoms with E-state index < -0.39 is 11.7 Å². The topological polar surface area (TPSA) is 60.8 Å². The van der Waals surface area contributed by atoms with Crippen molar-refractivity contribution < 1.29 is 15.0 Å². The number of aliphatic hydroxyl groups is 2. The van der Waals surface area contributed by atoms with Gasteiger partial charge in [-0.05, 0) is 26.8 Å². The van der Waals surface area contributed by atoms with Gasteiger partial charge >= 0.3 is 0 Å². The van der Waals surface area contributed by atoms with Crippen LogP contribution >= 0.6 is 0 Å². The summed E-state index contributed by atoms with van der Waals surface area (Å²) in [7, 11) is 0. The molecule has 1 aliphatic heterocycles. The molecule has 1 aromatic carbocycles. The number of fused-ring (bicyclic) bond motifs is 1. The van der Waals surface area contributed by atoms with Crippen molar-refractivity contribution in [1.82, 2.24) is 0 Å². The fourth-order valence-corrected chi connectivity index (χ4v) is 2.59. The standard InChI is InChI=1S/C14H19NO3/c1-9(2)15-12-7-5-4-6-11(12)14(18,13(15)17)8-10(3)16/h4-7,9-10,16,18H,8H2,1-3H3. The first kappa shape index (κ1) is 13.1. The predicted octanol–water partition coefficient (Wildman–Crippen LogP) is 1.40. The van der Waals surface area contributed by atoms with Crippen molar-refractivity contribution in [3.63, 3.8) is 0 Å².